The van der Waals surface area contributed by atoms with Crippen molar-refractivity contribution in [3.05, 3.63) is 35.1 Å². The summed E-state index contributed by atoms with van der Waals surface area (Å²) < 4.78 is 37.5. The largest absolute Gasteiger partial charge is 0.312 e. The van der Waals surface area contributed by atoms with E-state index in [9.17, 15) is 13.2 Å². The molecule has 66 valence electrons. The Labute approximate surface area is 67.0 Å². The van der Waals surface area contributed by atoms with Crippen LogP contribution in [0.4, 0.5) is 13.2 Å². The lowest BCUT2D eigenvalue weighted by Gasteiger charge is -2.06. The van der Waals surface area contributed by atoms with Crippen molar-refractivity contribution in [1.29, 1.82) is 0 Å². The fraction of sp³-hybridized carbons (Fsp3) is 0.143. The van der Waals surface area contributed by atoms with Crippen LogP contribution in [0.5, 0.6) is 0 Å². The molecule has 0 saturated carbocycles. The molecule has 0 aliphatic rings. The fourth-order valence-electron chi connectivity index (χ4n) is 0.793. The van der Waals surface area contributed by atoms with Crippen molar-refractivity contribution >= 4 is 0 Å². The minimum absolute atomic E-state index is 0.242. The average molecular weight is 176 g/mol. The Bertz CT molecular complexity index is 299. The lowest BCUT2D eigenvalue weighted by molar-refractivity contribution is 0.485. The van der Waals surface area contributed by atoms with Crippen molar-refractivity contribution in [3.8, 4) is 0 Å². The minimum atomic E-state index is -1.25. The quantitative estimate of drug-likeness (QED) is 0.495. The number of hydrogen-bond acceptors (Lipinski definition) is 2. The van der Waals surface area contributed by atoms with Crippen LogP contribution < -0.4 is 11.5 Å². The highest BCUT2D eigenvalue weighted by Crippen LogP contribution is 2.15. The standard InChI is InChI=1S/C7H7F3N2/c8-4-2-6(10)5(9)1-3(4)7(11)12/h1-2,7H,11-12H2. The van der Waals surface area contributed by atoms with Crippen molar-refractivity contribution in [2.24, 2.45) is 11.5 Å². The van der Waals surface area contributed by atoms with Crippen LogP contribution in [0.15, 0.2) is 12.1 Å². The highest BCUT2D eigenvalue weighted by Gasteiger charge is 2.12. The summed E-state index contributed by atoms with van der Waals surface area (Å²) in [6.07, 6.45) is -1.14. The Balaban J connectivity index is 3.23. The molecule has 0 aliphatic heterocycles. The van der Waals surface area contributed by atoms with Gasteiger partial charge in [0.05, 0.1) is 6.17 Å². The summed E-state index contributed by atoms with van der Waals surface area (Å²) in [6.45, 7) is 0. The molecule has 1 aromatic carbocycles. The Kier molecular flexibility index (Phi) is 2.35. The molecule has 2 nitrogen and oxygen atoms in total. The first kappa shape index (κ1) is 9.02. The molecular formula is C7H7F3N2. The van der Waals surface area contributed by atoms with Crippen molar-refractivity contribution in [2.45, 2.75) is 6.17 Å². The van der Waals surface area contributed by atoms with Crippen LogP contribution in [0.1, 0.15) is 11.7 Å². The third-order valence-corrected chi connectivity index (χ3v) is 1.40. The maximum Gasteiger partial charge on any atom is 0.161 e. The van der Waals surface area contributed by atoms with Gasteiger partial charge in [0, 0.05) is 11.6 Å². The molecule has 0 atom stereocenters. The van der Waals surface area contributed by atoms with Gasteiger partial charge < -0.3 is 11.5 Å². The van der Waals surface area contributed by atoms with Crippen molar-refractivity contribution < 1.29 is 13.2 Å². The molecule has 1 rings (SSSR count). The van der Waals surface area contributed by atoms with Gasteiger partial charge in [0.15, 0.2) is 11.6 Å². The summed E-state index contributed by atoms with van der Waals surface area (Å²) in [5.74, 6) is -3.35. The van der Waals surface area contributed by atoms with Crippen LogP contribution in [0, 0.1) is 17.5 Å². The van der Waals surface area contributed by atoms with Gasteiger partial charge in [0.25, 0.3) is 0 Å². The summed E-state index contributed by atoms with van der Waals surface area (Å²) in [5, 5.41) is 0. The SMILES string of the molecule is NC(N)c1cc(F)c(F)cc1F. The highest BCUT2D eigenvalue weighted by atomic mass is 19.2. The molecule has 0 unspecified atom stereocenters. The Morgan fingerprint density at radius 2 is 1.42 bits per heavy atom. The maximum absolute atomic E-state index is 12.7. The van der Waals surface area contributed by atoms with Gasteiger partial charge in [-0.1, -0.05) is 0 Å². The Morgan fingerprint density at radius 1 is 0.917 bits per heavy atom. The number of rotatable bonds is 1. The molecule has 0 radical (unpaired) electrons. The van der Waals surface area contributed by atoms with Crippen LogP contribution in [0.3, 0.4) is 0 Å². The summed E-state index contributed by atoms with van der Waals surface area (Å²) in [5.41, 5.74) is 9.92. The number of hydrogen-bond donors (Lipinski definition) is 2. The van der Waals surface area contributed by atoms with Gasteiger partial charge in [-0.2, -0.15) is 0 Å². The molecule has 0 aromatic heterocycles. The van der Waals surface area contributed by atoms with E-state index < -0.39 is 23.6 Å². The second-order valence-electron chi connectivity index (χ2n) is 2.31. The maximum atomic E-state index is 12.7. The van der Waals surface area contributed by atoms with Crippen LogP contribution >= 0.6 is 0 Å². The van der Waals surface area contributed by atoms with Gasteiger partial charge in [0.2, 0.25) is 0 Å². The number of halogens is 3. The average Bonchev–Trinajstić information content (AvgIpc) is 1.96. The molecule has 0 heterocycles. The normalized spacial score (nSPS) is 10.8. The van der Waals surface area contributed by atoms with Gasteiger partial charge in [-0.05, 0) is 6.07 Å². The molecular weight excluding hydrogens is 169 g/mol. The van der Waals surface area contributed by atoms with E-state index in [1.165, 1.54) is 0 Å². The summed E-state index contributed by atoms with van der Waals surface area (Å²) in [4.78, 5) is 0. The van der Waals surface area contributed by atoms with Gasteiger partial charge in [-0.3, -0.25) is 0 Å². The van der Waals surface area contributed by atoms with Crippen LogP contribution in [-0.2, 0) is 0 Å². The van der Waals surface area contributed by atoms with Gasteiger partial charge in [-0.15, -0.1) is 0 Å². The Morgan fingerprint density at radius 3 is 1.92 bits per heavy atom. The van der Waals surface area contributed by atoms with E-state index in [0.717, 1.165) is 0 Å². The zero-order valence-electron chi connectivity index (χ0n) is 6.02. The molecule has 0 bridgehead atoms. The van der Waals surface area contributed by atoms with Gasteiger partial charge in [-0.25, -0.2) is 13.2 Å². The molecule has 0 amide bonds. The smallest absolute Gasteiger partial charge is 0.161 e. The van der Waals surface area contributed by atoms with E-state index in [2.05, 4.69) is 0 Å². The minimum Gasteiger partial charge on any atom is -0.312 e. The van der Waals surface area contributed by atoms with Crippen molar-refractivity contribution in [2.75, 3.05) is 0 Å². The molecule has 5 heteroatoms. The summed E-state index contributed by atoms with van der Waals surface area (Å²) in [7, 11) is 0. The fourth-order valence-corrected chi connectivity index (χ4v) is 0.793. The lowest BCUT2D eigenvalue weighted by atomic mass is 10.1. The van der Waals surface area contributed by atoms with Crippen molar-refractivity contribution in [3.63, 3.8) is 0 Å². The molecule has 0 spiro atoms. The first-order valence-electron chi connectivity index (χ1n) is 3.18. The second kappa shape index (κ2) is 3.12. The predicted molar refractivity (Wildman–Crippen MR) is 37.4 cm³/mol. The van der Waals surface area contributed by atoms with Crippen LogP contribution in [-0.4, -0.2) is 0 Å². The second-order valence-corrected chi connectivity index (χ2v) is 2.31. The van der Waals surface area contributed by atoms with Crippen LogP contribution in [0.2, 0.25) is 0 Å². The number of nitrogens with two attached hydrogens (primary N) is 2. The summed E-state index contributed by atoms with van der Waals surface area (Å²) in [6, 6.07) is 1.06. The molecule has 0 fully saturated rings. The molecule has 4 N–H and O–H groups in total. The van der Waals surface area contributed by atoms with E-state index in [-0.39, 0.29) is 5.56 Å². The van der Waals surface area contributed by atoms with E-state index in [0.29, 0.717) is 12.1 Å². The van der Waals surface area contributed by atoms with Gasteiger partial charge >= 0.3 is 0 Å². The topological polar surface area (TPSA) is 52.0 Å². The van der Waals surface area contributed by atoms with E-state index in [1.54, 1.807) is 0 Å². The first-order valence-corrected chi connectivity index (χ1v) is 3.18. The third-order valence-electron chi connectivity index (χ3n) is 1.40. The highest BCUT2D eigenvalue weighted by molar-refractivity contribution is 5.22. The van der Waals surface area contributed by atoms with Gasteiger partial charge in [0.1, 0.15) is 5.82 Å². The predicted octanol–water partition coefficient (Wildman–Crippen LogP) is 1.02. The Hall–Kier alpha value is -1.07. The zero-order chi connectivity index (χ0) is 9.30. The molecule has 0 aliphatic carbocycles. The number of benzene rings is 1. The molecule has 12 heavy (non-hydrogen) atoms. The lowest BCUT2D eigenvalue weighted by Crippen LogP contribution is -2.21. The third kappa shape index (κ3) is 1.57. The van der Waals surface area contributed by atoms with E-state index in [1.807, 2.05) is 0 Å². The first-order chi connectivity index (χ1) is 5.52. The summed E-state index contributed by atoms with van der Waals surface area (Å²) >= 11 is 0. The van der Waals surface area contributed by atoms with E-state index in [4.69, 9.17) is 11.5 Å². The zero-order valence-corrected chi connectivity index (χ0v) is 6.02. The monoisotopic (exact) mass is 176 g/mol. The van der Waals surface area contributed by atoms with Crippen molar-refractivity contribution in [1.82, 2.24) is 0 Å². The van der Waals surface area contributed by atoms with Crippen LogP contribution in [0.25, 0.3) is 0 Å². The molecule has 1 aromatic rings. The van der Waals surface area contributed by atoms with E-state index >= 15 is 0 Å². The molecule has 0 saturated heterocycles.